The zero-order valence-electron chi connectivity index (χ0n) is 12.5. The molecule has 0 fully saturated rings. The molecule has 0 unspecified atom stereocenters. The predicted octanol–water partition coefficient (Wildman–Crippen LogP) is 4.55. The van der Waals surface area contributed by atoms with Gasteiger partial charge in [-0.05, 0) is 30.7 Å². The molecule has 0 heterocycles. The van der Waals surface area contributed by atoms with Crippen LogP contribution < -0.4 is 10.6 Å². The van der Waals surface area contributed by atoms with Gasteiger partial charge in [-0.25, -0.2) is 0 Å². The summed E-state index contributed by atoms with van der Waals surface area (Å²) in [6, 6.07) is 21.7. The largest absolute Gasteiger partial charge is 0.116 e. The molecule has 0 spiro atoms. The quantitative estimate of drug-likeness (QED) is 0.572. The first kappa shape index (κ1) is 14.1. The van der Waals surface area contributed by atoms with Gasteiger partial charge < -0.3 is 0 Å². The number of benzene rings is 2. The molecule has 0 radical (unpaired) electrons. The molecule has 0 aliphatic heterocycles. The molecule has 21 heavy (non-hydrogen) atoms. The highest BCUT2D eigenvalue weighted by Crippen LogP contribution is 2.52. The third-order valence-electron chi connectivity index (χ3n) is 3.84. The van der Waals surface area contributed by atoms with Crippen molar-refractivity contribution in [2.45, 2.75) is 19.0 Å². The van der Waals surface area contributed by atoms with Crippen LogP contribution in [-0.4, -0.2) is 5.16 Å². The van der Waals surface area contributed by atoms with E-state index in [-0.39, 0.29) is 5.16 Å². The summed E-state index contributed by atoms with van der Waals surface area (Å²) < 4.78 is 0. The van der Waals surface area contributed by atoms with Crippen molar-refractivity contribution in [3.63, 3.8) is 0 Å². The minimum absolute atomic E-state index is 0.0571. The fraction of sp³-hybridized carbons (Fsp3) is 0.150. The average Bonchev–Trinajstić information content (AvgIpc) is 3.04. The Bertz CT molecular complexity index is 663. The van der Waals surface area contributed by atoms with E-state index in [0.717, 1.165) is 0 Å². The van der Waals surface area contributed by atoms with E-state index in [1.165, 1.54) is 16.2 Å². The summed E-state index contributed by atoms with van der Waals surface area (Å²) in [6.45, 7) is 4.68. The lowest BCUT2D eigenvalue weighted by molar-refractivity contribution is 0.850. The van der Waals surface area contributed by atoms with Crippen LogP contribution >= 0.6 is 7.92 Å². The molecular formula is C20H19P. The Kier molecular flexibility index (Phi) is 3.93. The lowest BCUT2D eigenvalue weighted by atomic mass is 10.0. The first-order chi connectivity index (χ1) is 10.2. The van der Waals surface area contributed by atoms with Crippen LogP contribution in [0.4, 0.5) is 0 Å². The molecule has 0 N–H and O–H groups in total. The van der Waals surface area contributed by atoms with Gasteiger partial charge in [-0.3, -0.25) is 0 Å². The van der Waals surface area contributed by atoms with Crippen LogP contribution in [0, 0.1) is 0 Å². The molecule has 1 aliphatic carbocycles. The van der Waals surface area contributed by atoms with Crippen molar-refractivity contribution >= 4 is 18.5 Å². The Hall–Kier alpha value is -1.87. The second kappa shape index (κ2) is 5.86. The lowest BCUT2D eigenvalue weighted by Gasteiger charge is -2.35. The monoisotopic (exact) mass is 290 g/mol. The number of rotatable bonds is 4. The second-order valence-electron chi connectivity index (χ2n) is 5.65. The van der Waals surface area contributed by atoms with Crippen molar-refractivity contribution in [2.75, 3.05) is 0 Å². The number of allylic oxidation sites excluding steroid dienone is 3. The molecule has 0 atom stereocenters. The van der Waals surface area contributed by atoms with Crippen molar-refractivity contribution in [3.8, 4) is 0 Å². The Morgan fingerprint density at radius 1 is 0.810 bits per heavy atom. The van der Waals surface area contributed by atoms with Crippen molar-refractivity contribution < 1.29 is 0 Å². The van der Waals surface area contributed by atoms with E-state index in [4.69, 9.17) is 0 Å². The highest BCUT2D eigenvalue weighted by molar-refractivity contribution is 7.74. The van der Waals surface area contributed by atoms with Gasteiger partial charge in [0.15, 0.2) is 0 Å². The zero-order valence-corrected chi connectivity index (χ0v) is 13.3. The van der Waals surface area contributed by atoms with Crippen LogP contribution in [0.1, 0.15) is 13.8 Å². The van der Waals surface area contributed by atoms with E-state index < -0.39 is 7.92 Å². The number of hydrogen-bond donors (Lipinski definition) is 0. The topological polar surface area (TPSA) is 0 Å². The Morgan fingerprint density at radius 2 is 1.33 bits per heavy atom. The summed E-state index contributed by atoms with van der Waals surface area (Å²) in [7, 11) is -0.476. The maximum atomic E-state index is 3.41. The summed E-state index contributed by atoms with van der Waals surface area (Å²) in [4.78, 5) is 0. The summed E-state index contributed by atoms with van der Waals surface area (Å²) >= 11 is 0. The van der Waals surface area contributed by atoms with Crippen molar-refractivity contribution in [1.29, 1.82) is 0 Å². The molecule has 0 saturated heterocycles. The van der Waals surface area contributed by atoms with Crippen molar-refractivity contribution in [2.24, 2.45) is 0 Å². The molecule has 2 aromatic rings. The highest BCUT2D eigenvalue weighted by atomic mass is 31.1. The van der Waals surface area contributed by atoms with Crippen LogP contribution in [0.2, 0.25) is 0 Å². The first-order valence-corrected chi connectivity index (χ1v) is 8.58. The molecule has 1 aliphatic rings. The van der Waals surface area contributed by atoms with E-state index in [1.54, 1.807) is 0 Å². The van der Waals surface area contributed by atoms with Gasteiger partial charge in [0.25, 0.3) is 0 Å². The van der Waals surface area contributed by atoms with Crippen LogP contribution in [-0.2, 0) is 0 Å². The normalized spacial score (nSPS) is 13.8. The lowest BCUT2D eigenvalue weighted by Crippen LogP contribution is -2.30. The van der Waals surface area contributed by atoms with Crippen LogP contribution in [0.3, 0.4) is 0 Å². The molecule has 0 nitrogen and oxygen atoms in total. The predicted molar refractivity (Wildman–Crippen MR) is 93.9 cm³/mol. The van der Waals surface area contributed by atoms with Gasteiger partial charge in [-0.2, -0.15) is 0 Å². The van der Waals surface area contributed by atoms with Gasteiger partial charge in [0, 0.05) is 10.7 Å². The fourth-order valence-electron chi connectivity index (χ4n) is 2.78. The minimum atomic E-state index is -0.476. The molecule has 0 aromatic heterocycles. The summed E-state index contributed by atoms with van der Waals surface area (Å²) in [5, 5.41) is 2.89. The Balaban J connectivity index is 2.13. The molecule has 104 valence electrons. The third kappa shape index (κ3) is 2.79. The molecule has 0 bridgehead atoms. The zero-order chi connectivity index (χ0) is 14.7. The minimum Gasteiger partial charge on any atom is -0.116 e. The van der Waals surface area contributed by atoms with E-state index in [2.05, 4.69) is 92.4 Å². The molecule has 1 heteroatoms. The molecular weight excluding hydrogens is 271 g/mol. The standard InChI is InChI=1S/C20H19P/c1-20(2,17-11-9-10-12-17)21(18-13-5-3-6-14-18)19-15-7-4-8-16-19/h3-11,13-16H,1-2H3. The van der Waals surface area contributed by atoms with E-state index in [1.807, 2.05) is 6.08 Å². The summed E-state index contributed by atoms with van der Waals surface area (Å²) in [5.74, 6) is 0. The number of hydrogen-bond acceptors (Lipinski definition) is 0. The first-order valence-electron chi connectivity index (χ1n) is 7.24. The smallest absolute Gasteiger partial charge is 0.0251 e. The van der Waals surface area contributed by atoms with E-state index in [0.29, 0.717) is 0 Å². The van der Waals surface area contributed by atoms with Gasteiger partial charge >= 0.3 is 0 Å². The SMILES string of the molecule is CC(C)(C1=C=CC=C1)P(c1ccccc1)c1ccccc1. The molecule has 3 rings (SSSR count). The maximum Gasteiger partial charge on any atom is 0.0251 e. The van der Waals surface area contributed by atoms with Gasteiger partial charge in [-0.15, -0.1) is 5.73 Å². The van der Waals surface area contributed by atoms with E-state index in [9.17, 15) is 0 Å². The third-order valence-corrected chi connectivity index (χ3v) is 6.83. The molecule has 2 aromatic carbocycles. The summed E-state index contributed by atoms with van der Waals surface area (Å²) in [6.07, 6.45) is 6.29. The van der Waals surface area contributed by atoms with Gasteiger partial charge in [0.1, 0.15) is 0 Å². The van der Waals surface area contributed by atoms with Crippen LogP contribution in [0.5, 0.6) is 0 Å². The van der Waals surface area contributed by atoms with Crippen molar-refractivity contribution in [3.05, 3.63) is 90.2 Å². The average molecular weight is 290 g/mol. The van der Waals surface area contributed by atoms with Gasteiger partial charge in [-0.1, -0.05) is 80.6 Å². The fourth-order valence-corrected chi connectivity index (χ4v) is 5.69. The van der Waals surface area contributed by atoms with Gasteiger partial charge in [0.05, 0.1) is 0 Å². The highest BCUT2D eigenvalue weighted by Gasteiger charge is 2.34. The second-order valence-corrected chi connectivity index (χ2v) is 8.47. The van der Waals surface area contributed by atoms with Crippen LogP contribution in [0.25, 0.3) is 0 Å². The molecule has 0 saturated carbocycles. The Labute approximate surface area is 128 Å². The maximum absolute atomic E-state index is 3.41. The van der Waals surface area contributed by atoms with Crippen LogP contribution in [0.15, 0.2) is 90.2 Å². The van der Waals surface area contributed by atoms with E-state index >= 15 is 0 Å². The molecule has 0 amide bonds. The Morgan fingerprint density at radius 3 is 1.76 bits per heavy atom. The van der Waals surface area contributed by atoms with Gasteiger partial charge in [0.2, 0.25) is 0 Å². The van der Waals surface area contributed by atoms with Crippen molar-refractivity contribution in [1.82, 2.24) is 0 Å². The summed E-state index contributed by atoms with van der Waals surface area (Å²) in [5.41, 5.74) is 4.71.